The van der Waals surface area contributed by atoms with Crippen LogP contribution in [0.1, 0.15) is 10.6 Å². The van der Waals surface area contributed by atoms with Gasteiger partial charge in [-0.3, -0.25) is 4.79 Å². The van der Waals surface area contributed by atoms with Crippen molar-refractivity contribution < 1.29 is 4.79 Å². The van der Waals surface area contributed by atoms with Crippen molar-refractivity contribution in [2.75, 3.05) is 5.73 Å². The first-order valence-corrected chi connectivity index (χ1v) is 6.67. The molecule has 0 radical (unpaired) electrons. The number of benzene rings is 1. The minimum Gasteiger partial charge on any atom is -0.374 e. The summed E-state index contributed by atoms with van der Waals surface area (Å²) in [5.41, 5.74) is 8.89. The first-order chi connectivity index (χ1) is 9.74. The molecule has 0 unspecified atom stereocenters. The van der Waals surface area contributed by atoms with Crippen molar-refractivity contribution in [2.45, 2.75) is 6.42 Å². The predicted octanol–water partition coefficient (Wildman–Crippen LogP) is 1.48. The minimum atomic E-state index is -0.259. The molecule has 6 nitrogen and oxygen atoms in total. The van der Waals surface area contributed by atoms with Gasteiger partial charge >= 0.3 is 0 Å². The van der Waals surface area contributed by atoms with Crippen LogP contribution in [-0.4, -0.2) is 22.3 Å². The Balaban J connectivity index is 1.76. The summed E-state index contributed by atoms with van der Waals surface area (Å²) in [4.78, 5) is 11.5. The fourth-order valence-electron chi connectivity index (χ4n) is 1.39. The average molecular weight is 287 g/mol. The molecule has 20 heavy (non-hydrogen) atoms. The summed E-state index contributed by atoms with van der Waals surface area (Å²) in [7, 11) is 0. The lowest BCUT2D eigenvalue weighted by Gasteiger charge is -1.94. The Hall–Kier alpha value is -2.54. The van der Waals surface area contributed by atoms with Crippen LogP contribution in [0.4, 0.5) is 5.13 Å². The zero-order chi connectivity index (χ0) is 14.2. The van der Waals surface area contributed by atoms with Crippen LogP contribution in [0.15, 0.2) is 41.5 Å². The molecule has 0 aliphatic rings. The van der Waals surface area contributed by atoms with E-state index in [1.54, 1.807) is 6.08 Å². The molecular formula is C13H13N5OS. The highest BCUT2D eigenvalue weighted by atomic mass is 32.1. The molecule has 1 heterocycles. The summed E-state index contributed by atoms with van der Waals surface area (Å²) in [5, 5.41) is 12.1. The fraction of sp³-hybridized carbons (Fsp3) is 0.0769. The number of nitrogens with two attached hydrogens (primary N) is 1. The molecule has 1 aromatic carbocycles. The van der Waals surface area contributed by atoms with E-state index in [0.29, 0.717) is 10.1 Å². The van der Waals surface area contributed by atoms with Crippen molar-refractivity contribution in [3.8, 4) is 0 Å². The molecule has 0 bridgehead atoms. The number of allylic oxidation sites excluding steroid dienone is 1. The zero-order valence-electron chi connectivity index (χ0n) is 10.6. The van der Waals surface area contributed by atoms with E-state index in [1.165, 1.54) is 17.6 Å². The monoisotopic (exact) mass is 287 g/mol. The average Bonchev–Trinajstić information content (AvgIpc) is 2.85. The molecule has 2 aromatic rings. The summed E-state index contributed by atoms with van der Waals surface area (Å²) >= 11 is 1.19. The van der Waals surface area contributed by atoms with Gasteiger partial charge in [0, 0.05) is 6.21 Å². The maximum Gasteiger partial charge on any atom is 0.247 e. The largest absolute Gasteiger partial charge is 0.374 e. The van der Waals surface area contributed by atoms with Gasteiger partial charge in [0.15, 0.2) is 0 Å². The molecule has 102 valence electrons. The highest BCUT2D eigenvalue weighted by Crippen LogP contribution is 2.10. The van der Waals surface area contributed by atoms with Crippen molar-refractivity contribution in [1.82, 2.24) is 15.6 Å². The summed E-state index contributed by atoms with van der Waals surface area (Å²) in [6.07, 6.45) is 5.27. The molecule has 1 aromatic heterocycles. The van der Waals surface area contributed by atoms with Gasteiger partial charge in [-0.15, -0.1) is 10.2 Å². The molecule has 0 aliphatic carbocycles. The molecule has 0 saturated heterocycles. The van der Waals surface area contributed by atoms with Crippen molar-refractivity contribution in [1.29, 1.82) is 0 Å². The third-order valence-corrected chi connectivity index (χ3v) is 2.98. The van der Waals surface area contributed by atoms with E-state index < -0.39 is 0 Å². The highest BCUT2D eigenvalue weighted by Gasteiger charge is 2.06. The lowest BCUT2D eigenvalue weighted by molar-refractivity contribution is -0.120. The normalized spacial score (nSPS) is 11.2. The third-order valence-electron chi connectivity index (χ3n) is 2.23. The van der Waals surface area contributed by atoms with Crippen LogP contribution in [0.25, 0.3) is 6.08 Å². The number of nitrogens with zero attached hydrogens (tertiary/aromatic N) is 3. The van der Waals surface area contributed by atoms with Crippen molar-refractivity contribution in [3.05, 3.63) is 47.0 Å². The maximum absolute atomic E-state index is 11.5. The van der Waals surface area contributed by atoms with Crippen LogP contribution < -0.4 is 11.2 Å². The number of anilines is 1. The van der Waals surface area contributed by atoms with E-state index in [0.717, 1.165) is 5.56 Å². The van der Waals surface area contributed by atoms with Gasteiger partial charge in [0.2, 0.25) is 11.0 Å². The number of amides is 1. The van der Waals surface area contributed by atoms with Gasteiger partial charge in [-0.05, 0) is 11.6 Å². The van der Waals surface area contributed by atoms with Crippen LogP contribution in [-0.2, 0) is 11.2 Å². The van der Waals surface area contributed by atoms with Crippen LogP contribution in [0.3, 0.4) is 0 Å². The molecule has 0 atom stereocenters. The van der Waals surface area contributed by atoms with Crippen LogP contribution >= 0.6 is 11.3 Å². The molecule has 2 rings (SSSR count). The molecule has 3 N–H and O–H groups in total. The van der Waals surface area contributed by atoms with E-state index in [1.807, 2.05) is 36.4 Å². The van der Waals surface area contributed by atoms with Crippen molar-refractivity contribution in [2.24, 2.45) is 5.10 Å². The summed E-state index contributed by atoms with van der Waals surface area (Å²) in [6, 6.07) is 9.80. The summed E-state index contributed by atoms with van der Waals surface area (Å²) < 4.78 is 0. The molecule has 7 heteroatoms. The summed E-state index contributed by atoms with van der Waals surface area (Å²) in [6.45, 7) is 0. The van der Waals surface area contributed by atoms with Gasteiger partial charge in [-0.1, -0.05) is 47.7 Å². The van der Waals surface area contributed by atoms with Crippen LogP contribution in [0.2, 0.25) is 0 Å². The molecule has 0 saturated carbocycles. The molecule has 0 aliphatic heterocycles. The number of hydrogen-bond donors (Lipinski definition) is 2. The van der Waals surface area contributed by atoms with E-state index in [9.17, 15) is 4.79 Å². The quantitative estimate of drug-likeness (QED) is 0.643. The van der Waals surface area contributed by atoms with Crippen LogP contribution in [0, 0.1) is 0 Å². The smallest absolute Gasteiger partial charge is 0.247 e. The van der Waals surface area contributed by atoms with Gasteiger partial charge in [0.1, 0.15) is 5.01 Å². The first kappa shape index (κ1) is 13.9. The molecule has 1 amide bonds. The molecular weight excluding hydrogens is 274 g/mol. The van der Waals surface area contributed by atoms with E-state index >= 15 is 0 Å². The van der Waals surface area contributed by atoms with E-state index in [2.05, 4.69) is 20.7 Å². The number of nitrogens with one attached hydrogen (secondary N) is 1. The second kappa shape index (κ2) is 7.15. The van der Waals surface area contributed by atoms with Gasteiger partial charge in [0.25, 0.3) is 0 Å². The number of nitrogen functional groups attached to an aromatic ring is 1. The maximum atomic E-state index is 11.5. The Morgan fingerprint density at radius 2 is 2.15 bits per heavy atom. The lowest BCUT2D eigenvalue weighted by atomic mass is 10.2. The Labute approximate surface area is 120 Å². The third kappa shape index (κ3) is 4.62. The topological polar surface area (TPSA) is 93.3 Å². The fourth-order valence-corrected chi connectivity index (χ4v) is 1.99. The van der Waals surface area contributed by atoms with Gasteiger partial charge < -0.3 is 5.73 Å². The second-order valence-electron chi connectivity index (χ2n) is 3.79. The number of hydrogen-bond acceptors (Lipinski definition) is 6. The minimum absolute atomic E-state index is 0.120. The Morgan fingerprint density at radius 3 is 2.85 bits per heavy atom. The van der Waals surface area contributed by atoms with E-state index in [-0.39, 0.29) is 12.3 Å². The Kier molecular flexibility index (Phi) is 4.96. The highest BCUT2D eigenvalue weighted by molar-refractivity contribution is 7.15. The molecule has 0 fully saturated rings. The summed E-state index contributed by atoms with van der Waals surface area (Å²) in [5.74, 6) is -0.259. The predicted molar refractivity (Wildman–Crippen MR) is 80.1 cm³/mol. The Bertz CT molecular complexity index is 621. The van der Waals surface area contributed by atoms with Crippen LogP contribution in [0.5, 0.6) is 0 Å². The molecule has 0 spiro atoms. The number of carbonyl (C=O) groups excluding carboxylic acids is 1. The van der Waals surface area contributed by atoms with Gasteiger partial charge in [-0.2, -0.15) is 5.10 Å². The Morgan fingerprint density at radius 1 is 1.35 bits per heavy atom. The van der Waals surface area contributed by atoms with Crippen molar-refractivity contribution >= 4 is 34.7 Å². The number of rotatable bonds is 5. The van der Waals surface area contributed by atoms with E-state index in [4.69, 9.17) is 5.73 Å². The van der Waals surface area contributed by atoms with Gasteiger partial charge in [-0.25, -0.2) is 5.43 Å². The standard InChI is InChI=1S/C13H13N5OS/c14-13-18-17-12(20-13)9-11(19)16-15-8-4-7-10-5-2-1-3-6-10/h1-8H,9H2,(H2,14,18)(H,16,19)/b7-4+,15-8+. The SMILES string of the molecule is Nc1nnc(CC(=O)N/N=C/C=C/c2ccccc2)s1. The first-order valence-electron chi connectivity index (χ1n) is 5.85. The lowest BCUT2D eigenvalue weighted by Crippen LogP contribution is -2.19. The number of carbonyl (C=O) groups is 1. The van der Waals surface area contributed by atoms with Gasteiger partial charge in [0.05, 0.1) is 6.42 Å². The van der Waals surface area contributed by atoms with Crippen molar-refractivity contribution in [3.63, 3.8) is 0 Å². The number of aromatic nitrogens is 2. The second-order valence-corrected chi connectivity index (χ2v) is 4.89. The number of hydrazone groups is 1. The zero-order valence-corrected chi connectivity index (χ0v) is 11.4.